The van der Waals surface area contributed by atoms with Gasteiger partial charge in [0, 0.05) is 49.5 Å². The number of carbonyl (C=O) groups is 1. The molecule has 1 aliphatic heterocycles. The summed E-state index contributed by atoms with van der Waals surface area (Å²) in [7, 11) is 1.89. The summed E-state index contributed by atoms with van der Waals surface area (Å²) in [5.41, 5.74) is 0.965. The van der Waals surface area contributed by atoms with Crippen molar-refractivity contribution in [3.05, 3.63) is 42.7 Å². The third-order valence-corrected chi connectivity index (χ3v) is 5.60. The van der Waals surface area contributed by atoms with Gasteiger partial charge in [-0.15, -0.1) is 22.0 Å². The highest BCUT2D eigenvalue weighted by molar-refractivity contribution is 8.00. The SMILES string of the molecule is Cn1cc(-c2nnc3n2CCC(NC(=O)CSc2ccncc2)CC3)cn1. The minimum absolute atomic E-state index is 0.0620. The van der Waals surface area contributed by atoms with E-state index in [-0.39, 0.29) is 11.9 Å². The first kappa shape index (κ1) is 17.7. The van der Waals surface area contributed by atoms with Crippen LogP contribution in [0.1, 0.15) is 18.7 Å². The van der Waals surface area contributed by atoms with Crippen molar-refractivity contribution in [3.63, 3.8) is 0 Å². The largest absolute Gasteiger partial charge is 0.353 e. The predicted octanol–water partition coefficient (Wildman–Crippen LogP) is 1.69. The molecule has 4 rings (SSSR count). The van der Waals surface area contributed by atoms with E-state index in [1.807, 2.05) is 25.4 Å². The Kier molecular flexibility index (Phi) is 5.19. The van der Waals surface area contributed by atoms with Gasteiger partial charge in [-0.3, -0.25) is 14.5 Å². The van der Waals surface area contributed by atoms with Gasteiger partial charge in [-0.1, -0.05) is 0 Å². The van der Waals surface area contributed by atoms with Gasteiger partial charge in [0.1, 0.15) is 5.82 Å². The van der Waals surface area contributed by atoms with E-state index < -0.39 is 0 Å². The molecule has 9 heteroatoms. The summed E-state index contributed by atoms with van der Waals surface area (Å²) in [6, 6.07) is 3.98. The van der Waals surface area contributed by atoms with Crippen molar-refractivity contribution in [1.82, 2.24) is 34.8 Å². The summed E-state index contributed by atoms with van der Waals surface area (Å²) in [6.07, 6.45) is 9.76. The molecule has 1 amide bonds. The van der Waals surface area contributed by atoms with Gasteiger partial charge < -0.3 is 9.88 Å². The zero-order valence-electron chi connectivity index (χ0n) is 15.1. The Morgan fingerprint density at radius 2 is 2.15 bits per heavy atom. The maximum Gasteiger partial charge on any atom is 0.230 e. The summed E-state index contributed by atoms with van der Waals surface area (Å²) in [4.78, 5) is 17.3. The van der Waals surface area contributed by atoms with E-state index in [1.54, 1.807) is 23.3 Å². The molecule has 0 radical (unpaired) electrons. The smallest absolute Gasteiger partial charge is 0.230 e. The quantitative estimate of drug-likeness (QED) is 0.674. The lowest BCUT2D eigenvalue weighted by molar-refractivity contribution is -0.119. The highest BCUT2D eigenvalue weighted by Gasteiger charge is 2.22. The fourth-order valence-corrected chi connectivity index (χ4v) is 3.93. The lowest BCUT2D eigenvalue weighted by Gasteiger charge is -2.16. The number of aryl methyl sites for hydroxylation is 2. The number of amides is 1. The average molecular weight is 383 g/mol. The Morgan fingerprint density at radius 1 is 1.30 bits per heavy atom. The van der Waals surface area contributed by atoms with Gasteiger partial charge in [0.2, 0.25) is 5.91 Å². The van der Waals surface area contributed by atoms with E-state index >= 15 is 0 Å². The first-order valence-corrected chi connectivity index (χ1v) is 9.91. The van der Waals surface area contributed by atoms with Gasteiger partial charge in [0.05, 0.1) is 17.5 Å². The molecule has 0 saturated heterocycles. The van der Waals surface area contributed by atoms with Gasteiger partial charge in [0.25, 0.3) is 0 Å². The van der Waals surface area contributed by atoms with Crippen LogP contribution < -0.4 is 5.32 Å². The predicted molar refractivity (Wildman–Crippen MR) is 102 cm³/mol. The minimum Gasteiger partial charge on any atom is -0.353 e. The van der Waals surface area contributed by atoms with Gasteiger partial charge >= 0.3 is 0 Å². The molecule has 0 aliphatic carbocycles. The van der Waals surface area contributed by atoms with Gasteiger partial charge in [-0.25, -0.2) is 0 Å². The number of fused-ring (bicyclic) bond motifs is 1. The number of aromatic nitrogens is 6. The second-order valence-electron chi connectivity index (χ2n) is 6.56. The van der Waals surface area contributed by atoms with Crippen LogP contribution in [0.2, 0.25) is 0 Å². The molecule has 0 bridgehead atoms. The van der Waals surface area contributed by atoms with Crippen LogP contribution in [0.3, 0.4) is 0 Å². The summed E-state index contributed by atoms with van der Waals surface area (Å²) in [6.45, 7) is 0.787. The van der Waals surface area contributed by atoms with Crippen LogP contribution >= 0.6 is 11.8 Å². The zero-order chi connectivity index (χ0) is 18.6. The van der Waals surface area contributed by atoms with Gasteiger partial charge in [0.15, 0.2) is 5.82 Å². The van der Waals surface area contributed by atoms with Crippen LogP contribution in [0.5, 0.6) is 0 Å². The molecule has 0 fully saturated rings. The average Bonchev–Trinajstić information content (AvgIpc) is 3.23. The van der Waals surface area contributed by atoms with Crippen LogP contribution in [-0.2, 0) is 24.8 Å². The lowest BCUT2D eigenvalue weighted by atomic mass is 10.1. The van der Waals surface area contributed by atoms with Crippen LogP contribution in [0.15, 0.2) is 41.8 Å². The lowest BCUT2D eigenvalue weighted by Crippen LogP contribution is -2.36. The number of rotatable bonds is 5. The number of pyridine rings is 1. The fraction of sp³-hybridized carbons (Fsp3) is 0.389. The maximum absolute atomic E-state index is 12.3. The molecule has 0 spiro atoms. The minimum atomic E-state index is 0.0620. The molecule has 27 heavy (non-hydrogen) atoms. The molecule has 3 aromatic rings. The molecular formula is C18H21N7OS. The molecular weight excluding hydrogens is 362 g/mol. The Morgan fingerprint density at radius 3 is 2.93 bits per heavy atom. The van der Waals surface area contributed by atoms with Crippen molar-refractivity contribution in [2.45, 2.75) is 36.7 Å². The normalized spacial score (nSPS) is 16.6. The van der Waals surface area contributed by atoms with Crippen LogP contribution in [-0.4, -0.2) is 47.2 Å². The van der Waals surface area contributed by atoms with E-state index in [4.69, 9.17) is 0 Å². The van der Waals surface area contributed by atoms with Gasteiger partial charge in [-0.2, -0.15) is 5.10 Å². The summed E-state index contributed by atoms with van der Waals surface area (Å²) in [5.74, 6) is 2.29. The van der Waals surface area contributed by atoms with Crippen LogP contribution in [0.4, 0.5) is 0 Å². The van der Waals surface area contributed by atoms with Crippen LogP contribution in [0, 0.1) is 0 Å². The molecule has 8 nitrogen and oxygen atoms in total. The molecule has 0 aromatic carbocycles. The van der Waals surface area contributed by atoms with Gasteiger partial charge in [-0.05, 0) is 25.0 Å². The first-order chi connectivity index (χ1) is 13.2. The van der Waals surface area contributed by atoms with E-state index in [9.17, 15) is 4.79 Å². The highest BCUT2D eigenvalue weighted by atomic mass is 32.2. The van der Waals surface area contributed by atoms with Crippen molar-refractivity contribution in [2.24, 2.45) is 7.05 Å². The van der Waals surface area contributed by atoms with Crippen molar-refractivity contribution in [3.8, 4) is 11.4 Å². The van der Waals surface area contributed by atoms with Crippen molar-refractivity contribution in [1.29, 1.82) is 0 Å². The standard InChI is InChI=1S/C18H21N7OS/c1-24-11-13(10-20-24)18-23-22-16-3-2-14(6-9-25(16)18)21-17(26)12-27-15-4-7-19-8-5-15/h4-5,7-8,10-11,14H,2-3,6,9,12H2,1H3,(H,21,26). The Balaban J connectivity index is 1.35. The van der Waals surface area contributed by atoms with E-state index in [1.165, 1.54) is 11.8 Å². The maximum atomic E-state index is 12.3. The van der Waals surface area contributed by atoms with Crippen LogP contribution in [0.25, 0.3) is 11.4 Å². The zero-order valence-corrected chi connectivity index (χ0v) is 15.9. The van der Waals surface area contributed by atoms with Crippen molar-refractivity contribution < 1.29 is 4.79 Å². The number of carbonyl (C=O) groups excluding carboxylic acids is 1. The molecule has 1 unspecified atom stereocenters. The molecule has 0 saturated carbocycles. The third-order valence-electron chi connectivity index (χ3n) is 4.59. The Hall–Kier alpha value is -2.68. The third kappa shape index (κ3) is 4.19. The number of hydrogen-bond donors (Lipinski definition) is 1. The van der Waals surface area contributed by atoms with Crippen molar-refractivity contribution >= 4 is 17.7 Å². The molecule has 140 valence electrons. The molecule has 1 aliphatic rings. The summed E-state index contributed by atoms with van der Waals surface area (Å²) < 4.78 is 3.91. The number of nitrogens with zero attached hydrogens (tertiary/aromatic N) is 6. The summed E-state index contributed by atoms with van der Waals surface area (Å²) >= 11 is 1.52. The number of hydrogen-bond acceptors (Lipinski definition) is 6. The monoisotopic (exact) mass is 383 g/mol. The molecule has 3 aromatic heterocycles. The van der Waals surface area contributed by atoms with E-state index in [0.29, 0.717) is 5.75 Å². The summed E-state index contributed by atoms with van der Waals surface area (Å²) in [5, 5.41) is 16.1. The Bertz CT molecular complexity index is 921. The molecule has 4 heterocycles. The molecule has 1 N–H and O–H groups in total. The number of nitrogens with one attached hydrogen (secondary N) is 1. The van der Waals surface area contributed by atoms with Crippen molar-refractivity contribution in [2.75, 3.05) is 5.75 Å². The fourth-order valence-electron chi connectivity index (χ4n) is 3.24. The van der Waals surface area contributed by atoms with E-state index in [2.05, 4.69) is 30.2 Å². The Labute approximate surface area is 161 Å². The topological polar surface area (TPSA) is 90.5 Å². The second-order valence-corrected chi connectivity index (χ2v) is 7.61. The molecule has 1 atom stereocenters. The first-order valence-electron chi connectivity index (χ1n) is 8.92. The van der Waals surface area contributed by atoms with E-state index in [0.717, 1.165) is 47.9 Å². The number of thioether (sulfide) groups is 1. The second kappa shape index (κ2) is 7.91. The highest BCUT2D eigenvalue weighted by Crippen LogP contribution is 2.22.